The molecule has 1 amide bonds. The summed E-state index contributed by atoms with van der Waals surface area (Å²) >= 11 is 0. The molecule has 0 spiro atoms. The zero-order chi connectivity index (χ0) is 22.1. The van der Waals surface area contributed by atoms with Crippen molar-refractivity contribution < 1.29 is 9.53 Å². The number of ether oxygens (including phenoxy) is 1. The number of aromatic nitrogens is 4. The number of aryl methyl sites for hydroxylation is 1. The number of methoxy groups -OCH3 is 1. The first-order valence-electron chi connectivity index (χ1n) is 9.94. The van der Waals surface area contributed by atoms with Gasteiger partial charge in [0.1, 0.15) is 5.75 Å². The van der Waals surface area contributed by atoms with Gasteiger partial charge in [0.15, 0.2) is 11.2 Å². The van der Waals surface area contributed by atoms with Crippen LogP contribution in [-0.2, 0) is 18.9 Å². The number of aromatic amines is 1. The Bertz CT molecular complexity index is 1220. The molecule has 1 aromatic carbocycles. The van der Waals surface area contributed by atoms with Gasteiger partial charge in [-0.25, -0.2) is 4.79 Å². The number of amides is 1. The number of hydrogen-bond donors (Lipinski definition) is 2. The average Bonchev–Trinajstić information content (AvgIpc) is 3.23. The Morgan fingerprint density at radius 2 is 1.77 bits per heavy atom. The van der Waals surface area contributed by atoms with E-state index in [2.05, 4.69) is 20.2 Å². The van der Waals surface area contributed by atoms with Crippen LogP contribution in [0.15, 0.2) is 33.9 Å². The van der Waals surface area contributed by atoms with Gasteiger partial charge in [0.25, 0.3) is 5.56 Å². The fourth-order valence-electron chi connectivity index (χ4n) is 3.66. The van der Waals surface area contributed by atoms with Crippen LogP contribution >= 0.6 is 0 Å². The number of carbonyl (C=O) groups excluding carboxylic acids is 1. The highest BCUT2D eigenvalue weighted by Gasteiger charge is 2.23. The molecule has 0 atom stereocenters. The third kappa shape index (κ3) is 4.04. The first-order chi connectivity index (χ1) is 14.9. The number of rotatable bonds is 5. The smallest absolute Gasteiger partial charge is 0.332 e. The van der Waals surface area contributed by atoms with Crippen LogP contribution in [0.4, 0.5) is 11.6 Å². The van der Waals surface area contributed by atoms with E-state index in [1.54, 1.807) is 38.4 Å². The maximum atomic E-state index is 12.4. The van der Waals surface area contributed by atoms with E-state index in [1.165, 1.54) is 11.6 Å². The lowest BCUT2D eigenvalue weighted by Gasteiger charge is -2.34. The molecular formula is C20H25N7O4. The van der Waals surface area contributed by atoms with E-state index in [4.69, 9.17) is 4.74 Å². The summed E-state index contributed by atoms with van der Waals surface area (Å²) in [5.41, 5.74) is 0.554. The van der Waals surface area contributed by atoms with Crippen molar-refractivity contribution in [1.29, 1.82) is 0 Å². The number of H-pyrrole nitrogens is 1. The van der Waals surface area contributed by atoms with Gasteiger partial charge < -0.3 is 19.9 Å². The van der Waals surface area contributed by atoms with Crippen molar-refractivity contribution in [2.24, 2.45) is 14.1 Å². The van der Waals surface area contributed by atoms with Gasteiger partial charge in [0.05, 0.1) is 13.7 Å². The van der Waals surface area contributed by atoms with Gasteiger partial charge >= 0.3 is 5.69 Å². The van der Waals surface area contributed by atoms with Crippen LogP contribution in [0.25, 0.3) is 11.2 Å². The number of anilines is 2. The van der Waals surface area contributed by atoms with Crippen LogP contribution in [0, 0.1) is 0 Å². The summed E-state index contributed by atoms with van der Waals surface area (Å²) in [6.07, 6.45) is 0. The maximum absolute atomic E-state index is 12.4. The number of benzene rings is 1. The SMILES string of the molecule is COc1ccc(NC(=O)CN2CCN(c3nc4c([nH]3)c(=O)n(C)c(=O)n4C)CC2)cc1. The summed E-state index contributed by atoms with van der Waals surface area (Å²) in [5, 5.41) is 2.89. The van der Waals surface area contributed by atoms with Crippen molar-refractivity contribution in [3.05, 3.63) is 45.1 Å². The second-order valence-corrected chi connectivity index (χ2v) is 7.50. The molecule has 3 aromatic rings. The fraction of sp³-hybridized carbons (Fsp3) is 0.400. The quantitative estimate of drug-likeness (QED) is 0.576. The number of nitrogens with one attached hydrogen (secondary N) is 2. The van der Waals surface area contributed by atoms with Crippen LogP contribution in [-0.4, -0.2) is 69.7 Å². The van der Waals surface area contributed by atoms with Gasteiger partial charge in [-0.2, -0.15) is 4.98 Å². The summed E-state index contributed by atoms with van der Waals surface area (Å²) < 4.78 is 7.53. The van der Waals surface area contributed by atoms with Gasteiger partial charge in [-0.05, 0) is 24.3 Å². The van der Waals surface area contributed by atoms with E-state index in [-0.39, 0.29) is 12.5 Å². The lowest BCUT2D eigenvalue weighted by atomic mass is 10.3. The van der Waals surface area contributed by atoms with Crippen LogP contribution in [0.1, 0.15) is 0 Å². The summed E-state index contributed by atoms with van der Waals surface area (Å²) in [5.74, 6) is 1.20. The summed E-state index contributed by atoms with van der Waals surface area (Å²) in [4.78, 5) is 48.4. The molecule has 31 heavy (non-hydrogen) atoms. The van der Waals surface area contributed by atoms with Crippen molar-refractivity contribution in [3.63, 3.8) is 0 Å². The van der Waals surface area contributed by atoms with E-state index in [0.29, 0.717) is 43.3 Å². The molecule has 0 unspecified atom stereocenters. The highest BCUT2D eigenvalue weighted by molar-refractivity contribution is 5.92. The molecule has 1 fully saturated rings. The Morgan fingerprint density at radius 1 is 1.10 bits per heavy atom. The minimum atomic E-state index is -0.414. The van der Waals surface area contributed by atoms with Crippen molar-refractivity contribution in [2.45, 2.75) is 0 Å². The van der Waals surface area contributed by atoms with Gasteiger partial charge in [-0.15, -0.1) is 0 Å². The molecule has 0 radical (unpaired) electrons. The molecule has 164 valence electrons. The fourth-order valence-corrected chi connectivity index (χ4v) is 3.66. The van der Waals surface area contributed by atoms with Gasteiger partial charge in [-0.1, -0.05) is 0 Å². The third-order valence-corrected chi connectivity index (χ3v) is 5.50. The average molecular weight is 427 g/mol. The molecule has 0 saturated carbocycles. The predicted octanol–water partition coefficient (Wildman–Crippen LogP) is -0.270. The minimum absolute atomic E-state index is 0.0825. The standard InChI is InChI=1S/C20H25N7O4/c1-24-17-16(18(29)25(2)20(24)30)22-19(23-17)27-10-8-26(9-11-27)12-15(28)21-13-4-6-14(31-3)7-5-13/h4-7H,8-12H2,1-3H3,(H,21,28)(H,22,23). The van der Waals surface area contributed by atoms with Crippen molar-refractivity contribution in [3.8, 4) is 5.75 Å². The molecule has 2 aromatic heterocycles. The first-order valence-corrected chi connectivity index (χ1v) is 9.94. The van der Waals surface area contributed by atoms with E-state index in [9.17, 15) is 14.4 Å². The topological polar surface area (TPSA) is 117 Å². The summed E-state index contributed by atoms with van der Waals surface area (Å²) in [6, 6.07) is 7.19. The lowest BCUT2D eigenvalue weighted by Crippen LogP contribution is -2.49. The van der Waals surface area contributed by atoms with Crippen LogP contribution in [0.5, 0.6) is 5.75 Å². The zero-order valence-electron chi connectivity index (χ0n) is 17.7. The number of carbonyl (C=O) groups is 1. The first kappa shape index (κ1) is 20.7. The number of fused-ring (bicyclic) bond motifs is 1. The molecule has 4 rings (SSSR count). The second-order valence-electron chi connectivity index (χ2n) is 7.50. The number of hydrogen-bond acceptors (Lipinski definition) is 7. The van der Waals surface area contributed by atoms with Crippen molar-refractivity contribution in [1.82, 2.24) is 24.0 Å². The van der Waals surface area contributed by atoms with Crippen molar-refractivity contribution >= 4 is 28.7 Å². The van der Waals surface area contributed by atoms with Gasteiger partial charge in [0.2, 0.25) is 11.9 Å². The Balaban J connectivity index is 1.38. The molecule has 0 bridgehead atoms. The largest absolute Gasteiger partial charge is 0.497 e. The third-order valence-electron chi connectivity index (χ3n) is 5.50. The number of piperazine rings is 1. The van der Waals surface area contributed by atoms with Crippen LogP contribution in [0.3, 0.4) is 0 Å². The normalized spacial score (nSPS) is 14.7. The Hall–Kier alpha value is -3.60. The van der Waals surface area contributed by atoms with E-state index < -0.39 is 11.2 Å². The minimum Gasteiger partial charge on any atom is -0.497 e. The van der Waals surface area contributed by atoms with E-state index in [0.717, 1.165) is 16.0 Å². The van der Waals surface area contributed by atoms with Gasteiger partial charge in [-0.3, -0.25) is 23.6 Å². The highest BCUT2D eigenvalue weighted by atomic mass is 16.5. The molecule has 0 aliphatic carbocycles. The lowest BCUT2D eigenvalue weighted by molar-refractivity contribution is -0.117. The highest BCUT2D eigenvalue weighted by Crippen LogP contribution is 2.17. The summed E-state index contributed by atoms with van der Waals surface area (Å²) in [7, 11) is 4.63. The van der Waals surface area contributed by atoms with Gasteiger partial charge in [0, 0.05) is 46.0 Å². The Kier molecular flexibility index (Phi) is 5.51. The molecule has 1 saturated heterocycles. The Morgan fingerprint density at radius 3 is 2.42 bits per heavy atom. The summed E-state index contributed by atoms with van der Waals surface area (Å²) in [6.45, 7) is 2.91. The zero-order valence-corrected chi connectivity index (χ0v) is 17.7. The van der Waals surface area contributed by atoms with Crippen molar-refractivity contribution in [2.75, 3.05) is 50.1 Å². The molecule has 11 heteroatoms. The molecule has 2 N–H and O–H groups in total. The van der Waals surface area contributed by atoms with E-state index >= 15 is 0 Å². The monoisotopic (exact) mass is 427 g/mol. The number of nitrogens with zero attached hydrogens (tertiary/aromatic N) is 5. The van der Waals surface area contributed by atoms with Crippen LogP contribution in [0.2, 0.25) is 0 Å². The molecular weight excluding hydrogens is 402 g/mol. The Labute approximate surface area is 177 Å². The maximum Gasteiger partial charge on any atom is 0.332 e. The molecule has 1 aliphatic rings. The second kappa shape index (κ2) is 8.26. The van der Waals surface area contributed by atoms with Crippen LogP contribution < -0.4 is 26.2 Å². The number of imidazole rings is 1. The molecule has 11 nitrogen and oxygen atoms in total. The predicted molar refractivity (Wildman–Crippen MR) is 117 cm³/mol. The molecule has 1 aliphatic heterocycles. The van der Waals surface area contributed by atoms with E-state index in [1.807, 2.05) is 4.90 Å². The molecule has 3 heterocycles.